The number of carbonyl (C=O) groups is 3. The van der Waals surface area contributed by atoms with E-state index in [9.17, 15) is 18.8 Å². The molecule has 1 unspecified atom stereocenters. The van der Waals surface area contributed by atoms with Gasteiger partial charge < -0.3 is 20.9 Å². The van der Waals surface area contributed by atoms with Crippen molar-refractivity contribution in [3.63, 3.8) is 0 Å². The molecule has 6 rings (SSSR count). The van der Waals surface area contributed by atoms with Gasteiger partial charge >= 0.3 is 0 Å². The van der Waals surface area contributed by atoms with E-state index in [1.54, 1.807) is 24.3 Å². The number of fused-ring (bicyclic) bond motifs is 2. The lowest BCUT2D eigenvalue weighted by Gasteiger charge is -2.41. The Morgan fingerprint density at radius 1 is 1.00 bits per heavy atom. The van der Waals surface area contributed by atoms with Gasteiger partial charge in [-0.1, -0.05) is 17.7 Å². The first-order valence-electron chi connectivity index (χ1n) is 10.8. The highest BCUT2D eigenvalue weighted by atomic mass is 35.5. The van der Waals surface area contributed by atoms with Gasteiger partial charge in [-0.05, 0) is 48.0 Å². The standard InChI is InChI=1S/C24H20ClFN6O3/c25-19-8-14(26)1-6-18(19)22(33)29-15-2-4-16(5-3-15)30-23(34)20-21(28-12-27-20)24(35)31-17-7-13-9-32(10-13)11-17/h1-8,12,17H,9-11H2,(H,27,28)(H,29,33)(H,30,34)(H,31,35). The molecule has 0 radical (unpaired) electrons. The number of nitrogens with zero attached hydrogens (tertiary/aromatic N) is 2. The molecule has 3 aliphatic heterocycles. The van der Waals surface area contributed by atoms with Crippen molar-refractivity contribution in [3.8, 4) is 0 Å². The number of hydrogen-bond acceptors (Lipinski definition) is 5. The molecule has 1 aromatic heterocycles. The highest BCUT2D eigenvalue weighted by molar-refractivity contribution is 6.34. The van der Waals surface area contributed by atoms with Gasteiger partial charge in [0.05, 0.1) is 23.0 Å². The van der Waals surface area contributed by atoms with Crippen LogP contribution in [-0.2, 0) is 0 Å². The molecule has 11 heteroatoms. The summed E-state index contributed by atoms with van der Waals surface area (Å²) in [7, 11) is 0. The Hall–Kier alpha value is -4.02. The summed E-state index contributed by atoms with van der Waals surface area (Å²) in [4.78, 5) is 46.8. The Bertz CT molecular complexity index is 1350. The van der Waals surface area contributed by atoms with Gasteiger partial charge in [-0.2, -0.15) is 0 Å². The fraction of sp³-hybridized carbons (Fsp3) is 0.167. The number of amides is 3. The maximum absolute atomic E-state index is 13.2. The van der Waals surface area contributed by atoms with Crippen molar-refractivity contribution in [2.45, 2.75) is 6.04 Å². The fourth-order valence-electron chi connectivity index (χ4n) is 4.04. The van der Waals surface area contributed by atoms with Crippen LogP contribution in [0.2, 0.25) is 5.02 Å². The number of aromatic amines is 1. The number of benzene rings is 2. The van der Waals surface area contributed by atoms with E-state index in [1.807, 2.05) is 0 Å². The van der Waals surface area contributed by atoms with Gasteiger partial charge in [-0.15, -0.1) is 0 Å². The molecule has 3 aliphatic rings. The maximum atomic E-state index is 13.2. The van der Waals surface area contributed by atoms with E-state index in [2.05, 4.69) is 36.9 Å². The molecule has 35 heavy (non-hydrogen) atoms. The third kappa shape index (κ3) is 4.93. The van der Waals surface area contributed by atoms with Gasteiger partial charge in [-0.25, -0.2) is 9.37 Å². The highest BCUT2D eigenvalue weighted by Gasteiger charge is 2.30. The summed E-state index contributed by atoms with van der Waals surface area (Å²) >= 11 is 5.93. The molecule has 3 amide bonds. The quantitative estimate of drug-likeness (QED) is 0.393. The van der Waals surface area contributed by atoms with Crippen LogP contribution in [0.5, 0.6) is 0 Å². The minimum Gasteiger partial charge on any atom is -0.343 e. The van der Waals surface area contributed by atoms with Crippen LogP contribution < -0.4 is 16.0 Å². The van der Waals surface area contributed by atoms with Crippen molar-refractivity contribution in [3.05, 3.63) is 88.2 Å². The van der Waals surface area contributed by atoms with Gasteiger partial charge in [0.2, 0.25) is 0 Å². The minimum atomic E-state index is -0.556. The summed E-state index contributed by atoms with van der Waals surface area (Å²) in [6.45, 7) is 2.64. The first kappa shape index (κ1) is 22.8. The molecule has 9 nitrogen and oxygen atoms in total. The van der Waals surface area contributed by atoms with E-state index < -0.39 is 23.5 Å². The van der Waals surface area contributed by atoms with Crippen LogP contribution >= 0.6 is 11.6 Å². The second-order valence-electron chi connectivity index (χ2n) is 8.31. The summed E-state index contributed by atoms with van der Waals surface area (Å²) in [5.74, 6) is -2.00. The molecular weight excluding hydrogens is 475 g/mol. The van der Waals surface area contributed by atoms with Crippen LogP contribution in [0.15, 0.2) is 60.4 Å². The van der Waals surface area contributed by atoms with Crippen molar-refractivity contribution in [2.75, 3.05) is 30.3 Å². The van der Waals surface area contributed by atoms with E-state index in [0.29, 0.717) is 11.4 Å². The molecular formula is C24H20ClFN6O3. The van der Waals surface area contributed by atoms with Crippen LogP contribution in [0.1, 0.15) is 31.3 Å². The number of carbonyl (C=O) groups excluding carboxylic acids is 3. The molecule has 2 bridgehead atoms. The molecule has 2 aromatic carbocycles. The van der Waals surface area contributed by atoms with E-state index in [-0.39, 0.29) is 28.0 Å². The van der Waals surface area contributed by atoms with Gasteiger partial charge in [0.15, 0.2) is 5.69 Å². The van der Waals surface area contributed by atoms with Crippen molar-refractivity contribution in [1.29, 1.82) is 0 Å². The molecule has 1 atom stereocenters. The molecule has 3 aromatic rings. The third-order valence-electron chi connectivity index (χ3n) is 5.72. The molecule has 1 fully saturated rings. The zero-order valence-electron chi connectivity index (χ0n) is 18.3. The van der Waals surface area contributed by atoms with Crippen molar-refractivity contribution < 1.29 is 18.8 Å². The van der Waals surface area contributed by atoms with Crippen LogP contribution in [0, 0.1) is 5.82 Å². The van der Waals surface area contributed by atoms with Crippen LogP contribution in [0.4, 0.5) is 15.8 Å². The van der Waals surface area contributed by atoms with E-state index in [4.69, 9.17) is 11.6 Å². The van der Waals surface area contributed by atoms with Crippen LogP contribution in [-0.4, -0.2) is 58.3 Å². The Labute approximate surface area is 204 Å². The average molecular weight is 495 g/mol. The van der Waals surface area contributed by atoms with Crippen molar-refractivity contribution >= 4 is 40.7 Å². The summed E-state index contributed by atoms with van der Waals surface area (Å²) < 4.78 is 13.2. The van der Waals surface area contributed by atoms with Gasteiger partial charge in [0.25, 0.3) is 17.7 Å². The van der Waals surface area contributed by atoms with E-state index in [0.717, 1.165) is 31.8 Å². The van der Waals surface area contributed by atoms with E-state index >= 15 is 0 Å². The predicted octanol–water partition coefficient (Wildman–Crippen LogP) is 3.06. The monoisotopic (exact) mass is 494 g/mol. The van der Waals surface area contributed by atoms with Crippen molar-refractivity contribution in [1.82, 2.24) is 20.2 Å². The Kier molecular flexibility index (Phi) is 6.06. The number of rotatable bonds is 6. The number of imidazole rings is 1. The largest absolute Gasteiger partial charge is 0.343 e. The fourth-order valence-corrected chi connectivity index (χ4v) is 4.30. The lowest BCUT2D eigenvalue weighted by molar-refractivity contribution is 0.0909. The topological polar surface area (TPSA) is 119 Å². The van der Waals surface area contributed by atoms with Crippen molar-refractivity contribution in [2.24, 2.45) is 0 Å². The van der Waals surface area contributed by atoms with Gasteiger partial charge in [-0.3, -0.25) is 19.3 Å². The molecule has 1 saturated heterocycles. The number of halogens is 2. The van der Waals surface area contributed by atoms with Gasteiger partial charge in [0.1, 0.15) is 11.5 Å². The van der Waals surface area contributed by atoms with Gasteiger partial charge in [0, 0.05) is 31.0 Å². The lowest BCUT2D eigenvalue weighted by Crippen LogP contribution is -2.54. The van der Waals surface area contributed by atoms with Crippen LogP contribution in [0.25, 0.3) is 0 Å². The Morgan fingerprint density at radius 3 is 2.31 bits per heavy atom. The molecule has 178 valence electrons. The molecule has 0 saturated carbocycles. The van der Waals surface area contributed by atoms with Crippen LogP contribution in [0.3, 0.4) is 0 Å². The number of H-pyrrole nitrogens is 1. The predicted molar refractivity (Wildman–Crippen MR) is 128 cm³/mol. The first-order chi connectivity index (χ1) is 16.9. The Morgan fingerprint density at radius 2 is 1.69 bits per heavy atom. The molecule has 0 spiro atoms. The molecule has 0 aliphatic carbocycles. The minimum absolute atomic E-state index is 0.000307. The second kappa shape index (κ2) is 9.32. The number of nitrogens with one attached hydrogen (secondary N) is 4. The smallest absolute Gasteiger partial charge is 0.276 e. The maximum Gasteiger partial charge on any atom is 0.276 e. The van der Waals surface area contributed by atoms with E-state index in [1.165, 1.54) is 18.0 Å². The zero-order chi connectivity index (χ0) is 24.5. The molecule has 4 N–H and O–H groups in total. The first-order valence-corrected chi connectivity index (χ1v) is 11.2. The normalized spacial score (nSPS) is 18.2. The molecule has 4 heterocycles. The number of hydrogen-bond donors (Lipinski definition) is 4. The number of aromatic nitrogens is 2. The summed E-state index contributed by atoms with van der Waals surface area (Å²) in [5.41, 5.74) is 2.36. The third-order valence-corrected chi connectivity index (χ3v) is 6.03. The highest BCUT2D eigenvalue weighted by Crippen LogP contribution is 2.22. The SMILES string of the molecule is O=C(Nc1ccc(NC(=O)c2nc[nH]c2C(=O)NC2C=C3CN(C3)C2)cc1)c1ccc(F)cc1Cl. The summed E-state index contributed by atoms with van der Waals surface area (Å²) in [6, 6.07) is 9.74. The Balaban J connectivity index is 1.21. The number of anilines is 2. The zero-order valence-corrected chi connectivity index (χ0v) is 19.0. The summed E-state index contributed by atoms with van der Waals surface area (Å²) in [5, 5.41) is 8.25. The second-order valence-corrected chi connectivity index (χ2v) is 8.72. The lowest BCUT2D eigenvalue weighted by atomic mass is 9.97. The average Bonchev–Trinajstić information content (AvgIpc) is 3.30. The summed E-state index contributed by atoms with van der Waals surface area (Å²) in [6.07, 6.45) is 3.35.